The van der Waals surface area contributed by atoms with Crippen LogP contribution in [-0.2, 0) is 0 Å². The van der Waals surface area contributed by atoms with E-state index in [-0.39, 0.29) is 0 Å². The van der Waals surface area contributed by atoms with Gasteiger partial charge in [-0.25, -0.2) is 0 Å². The summed E-state index contributed by atoms with van der Waals surface area (Å²) in [7, 11) is 0. The zero-order chi connectivity index (χ0) is 10.8. The zero-order valence-corrected chi connectivity index (χ0v) is 10.3. The van der Waals surface area contributed by atoms with Crippen molar-refractivity contribution in [2.75, 3.05) is 13.1 Å². The van der Waals surface area contributed by atoms with Crippen LogP contribution in [0.2, 0.25) is 0 Å². The maximum Gasteiger partial charge on any atom is 0.00793 e. The van der Waals surface area contributed by atoms with Gasteiger partial charge >= 0.3 is 0 Å². The molecule has 1 aliphatic carbocycles. The van der Waals surface area contributed by atoms with Crippen LogP contribution in [0, 0.1) is 11.8 Å². The van der Waals surface area contributed by atoms with Crippen LogP contribution in [0.4, 0.5) is 0 Å². The van der Waals surface area contributed by atoms with E-state index in [4.69, 9.17) is 5.73 Å². The smallest absolute Gasteiger partial charge is 0.00793 e. The fourth-order valence-corrected chi connectivity index (χ4v) is 3.40. The van der Waals surface area contributed by atoms with E-state index in [1.807, 2.05) is 0 Å². The molecular formula is C13H26N2. The predicted octanol–water partition coefficient (Wildman–Crippen LogP) is 2.23. The number of rotatable bonds is 2. The SMILES string of the molecule is CC1CC(C)N(CC2CCCCC2N)C1. The van der Waals surface area contributed by atoms with Crippen LogP contribution in [-0.4, -0.2) is 30.1 Å². The van der Waals surface area contributed by atoms with Crippen molar-refractivity contribution in [2.24, 2.45) is 17.6 Å². The predicted molar refractivity (Wildman–Crippen MR) is 64.7 cm³/mol. The fraction of sp³-hybridized carbons (Fsp3) is 1.00. The van der Waals surface area contributed by atoms with Gasteiger partial charge in [0.15, 0.2) is 0 Å². The van der Waals surface area contributed by atoms with Gasteiger partial charge in [0.25, 0.3) is 0 Å². The van der Waals surface area contributed by atoms with E-state index in [1.54, 1.807) is 0 Å². The molecule has 4 atom stereocenters. The number of hydrogen-bond acceptors (Lipinski definition) is 2. The van der Waals surface area contributed by atoms with E-state index in [0.29, 0.717) is 6.04 Å². The van der Waals surface area contributed by atoms with E-state index >= 15 is 0 Å². The topological polar surface area (TPSA) is 29.3 Å². The Hall–Kier alpha value is -0.0800. The number of nitrogens with two attached hydrogens (primary N) is 1. The Bertz CT molecular complexity index is 201. The molecule has 1 saturated heterocycles. The molecule has 1 saturated carbocycles. The van der Waals surface area contributed by atoms with Crippen molar-refractivity contribution in [1.29, 1.82) is 0 Å². The molecule has 2 nitrogen and oxygen atoms in total. The monoisotopic (exact) mass is 210 g/mol. The zero-order valence-electron chi connectivity index (χ0n) is 10.3. The minimum Gasteiger partial charge on any atom is -0.327 e. The molecule has 2 aliphatic rings. The Morgan fingerprint density at radius 3 is 2.53 bits per heavy atom. The quantitative estimate of drug-likeness (QED) is 0.757. The van der Waals surface area contributed by atoms with Gasteiger partial charge in [-0.1, -0.05) is 19.8 Å². The van der Waals surface area contributed by atoms with E-state index in [9.17, 15) is 0 Å². The summed E-state index contributed by atoms with van der Waals surface area (Å²) in [6.45, 7) is 7.30. The number of nitrogens with zero attached hydrogens (tertiary/aromatic N) is 1. The molecule has 4 unspecified atom stereocenters. The Morgan fingerprint density at radius 2 is 1.93 bits per heavy atom. The van der Waals surface area contributed by atoms with Gasteiger partial charge in [0.05, 0.1) is 0 Å². The lowest BCUT2D eigenvalue weighted by Gasteiger charge is -2.33. The average Bonchev–Trinajstić information content (AvgIpc) is 2.49. The number of hydrogen-bond donors (Lipinski definition) is 1. The first-order valence-electron chi connectivity index (χ1n) is 6.66. The molecule has 15 heavy (non-hydrogen) atoms. The Kier molecular flexibility index (Phi) is 3.68. The van der Waals surface area contributed by atoms with Crippen LogP contribution in [0.15, 0.2) is 0 Å². The van der Waals surface area contributed by atoms with Crippen LogP contribution in [0.1, 0.15) is 46.0 Å². The summed E-state index contributed by atoms with van der Waals surface area (Å²) in [5, 5.41) is 0. The van der Waals surface area contributed by atoms with Gasteiger partial charge in [0.1, 0.15) is 0 Å². The van der Waals surface area contributed by atoms with Crippen LogP contribution < -0.4 is 5.73 Å². The van der Waals surface area contributed by atoms with E-state index in [2.05, 4.69) is 18.7 Å². The van der Waals surface area contributed by atoms with Crippen LogP contribution >= 0.6 is 0 Å². The van der Waals surface area contributed by atoms with E-state index < -0.39 is 0 Å². The van der Waals surface area contributed by atoms with Gasteiger partial charge in [0, 0.05) is 25.2 Å². The lowest BCUT2D eigenvalue weighted by atomic mass is 9.84. The molecule has 0 aromatic carbocycles. The molecule has 1 aliphatic heterocycles. The Labute approximate surface area is 94.2 Å². The van der Waals surface area contributed by atoms with Gasteiger partial charge in [-0.2, -0.15) is 0 Å². The number of likely N-dealkylation sites (tertiary alicyclic amines) is 1. The normalized spacial score (nSPS) is 43.4. The van der Waals surface area contributed by atoms with Crippen molar-refractivity contribution in [3.63, 3.8) is 0 Å². The summed E-state index contributed by atoms with van der Waals surface area (Å²) in [4.78, 5) is 2.67. The standard InChI is InChI=1S/C13H26N2/c1-10-7-11(2)15(8-10)9-12-5-3-4-6-13(12)14/h10-13H,3-9,14H2,1-2H3. The van der Waals surface area contributed by atoms with E-state index in [1.165, 1.54) is 45.2 Å². The molecule has 0 radical (unpaired) electrons. The van der Waals surface area contributed by atoms with Crippen molar-refractivity contribution in [2.45, 2.75) is 58.0 Å². The first-order valence-corrected chi connectivity index (χ1v) is 6.66. The molecule has 2 fully saturated rings. The highest BCUT2D eigenvalue weighted by atomic mass is 15.2. The second kappa shape index (κ2) is 4.84. The third-order valence-electron chi connectivity index (χ3n) is 4.35. The third kappa shape index (κ3) is 2.73. The molecule has 0 spiro atoms. The average molecular weight is 210 g/mol. The molecule has 88 valence electrons. The van der Waals surface area contributed by atoms with E-state index in [0.717, 1.165) is 17.9 Å². The highest BCUT2D eigenvalue weighted by Gasteiger charge is 2.30. The summed E-state index contributed by atoms with van der Waals surface area (Å²) in [5.74, 6) is 1.66. The van der Waals surface area contributed by atoms with Crippen molar-refractivity contribution in [3.05, 3.63) is 0 Å². The molecule has 0 amide bonds. The highest BCUT2D eigenvalue weighted by molar-refractivity contribution is 4.86. The van der Waals surface area contributed by atoms with Crippen molar-refractivity contribution in [3.8, 4) is 0 Å². The van der Waals surface area contributed by atoms with Crippen molar-refractivity contribution >= 4 is 0 Å². The molecular weight excluding hydrogens is 184 g/mol. The van der Waals surface area contributed by atoms with Gasteiger partial charge in [-0.15, -0.1) is 0 Å². The summed E-state index contributed by atoms with van der Waals surface area (Å²) in [5.41, 5.74) is 6.21. The van der Waals surface area contributed by atoms with Crippen LogP contribution in [0.5, 0.6) is 0 Å². The molecule has 0 bridgehead atoms. The molecule has 2 rings (SSSR count). The van der Waals surface area contributed by atoms with Gasteiger partial charge in [-0.05, 0) is 38.0 Å². The lowest BCUT2D eigenvalue weighted by Crippen LogP contribution is -2.42. The summed E-state index contributed by atoms with van der Waals surface area (Å²) < 4.78 is 0. The summed E-state index contributed by atoms with van der Waals surface area (Å²) in [6, 6.07) is 1.26. The Balaban J connectivity index is 1.85. The highest BCUT2D eigenvalue weighted by Crippen LogP contribution is 2.28. The van der Waals surface area contributed by atoms with Crippen LogP contribution in [0.25, 0.3) is 0 Å². The Morgan fingerprint density at radius 1 is 1.20 bits per heavy atom. The maximum atomic E-state index is 6.21. The van der Waals surface area contributed by atoms with Crippen LogP contribution in [0.3, 0.4) is 0 Å². The molecule has 2 heteroatoms. The molecule has 2 N–H and O–H groups in total. The largest absolute Gasteiger partial charge is 0.327 e. The van der Waals surface area contributed by atoms with Gasteiger partial charge in [0.2, 0.25) is 0 Å². The minimum absolute atomic E-state index is 0.474. The van der Waals surface area contributed by atoms with Crippen molar-refractivity contribution in [1.82, 2.24) is 4.90 Å². The fourth-order valence-electron chi connectivity index (χ4n) is 3.40. The van der Waals surface area contributed by atoms with Gasteiger partial charge < -0.3 is 10.6 Å². The first-order chi connectivity index (χ1) is 7.16. The molecule has 0 aromatic rings. The second-order valence-electron chi connectivity index (χ2n) is 5.85. The van der Waals surface area contributed by atoms with Crippen molar-refractivity contribution < 1.29 is 0 Å². The molecule has 0 aromatic heterocycles. The molecule has 1 heterocycles. The third-order valence-corrected chi connectivity index (χ3v) is 4.35. The first kappa shape index (κ1) is 11.4. The maximum absolute atomic E-state index is 6.21. The van der Waals surface area contributed by atoms with Gasteiger partial charge in [-0.3, -0.25) is 0 Å². The summed E-state index contributed by atoms with van der Waals surface area (Å²) >= 11 is 0. The summed E-state index contributed by atoms with van der Waals surface area (Å²) in [6.07, 6.45) is 6.74. The second-order valence-corrected chi connectivity index (χ2v) is 5.85. The minimum atomic E-state index is 0.474. The lowest BCUT2D eigenvalue weighted by molar-refractivity contribution is 0.177.